The van der Waals surface area contributed by atoms with Crippen LogP contribution in [0.25, 0.3) is 0 Å². The van der Waals surface area contributed by atoms with Crippen molar-refractivity contribution in [1.29, 1.82) is 0 Å². The van der Waals surface area contributed by atoms with E-state index in [4.69, 9.17) is 9.68 Å². The van der Waals surface area contributed by atoms with Gasteiger partial charge in [0.1, 0.15) is 11.2 Å². The first-order valence-electron chi connectivity index (χ1n) is 10.6. The fraction of sp³-hybridized carbons (Fsp3) is 0.800. The summed E-state index contributed by atoms with van der Waals surface area (Å²) in [5.41, 5.74) is -0.758. The summed E-state index contributed by atoms with van der Waals surface area (Å²) in [5.74, 6) is -1.23. The molecule has 0 radical (unpaired) electrons. The van der Waals surface area contributed by atoms with Crippen molar-refractivity contribution in [2.75, 3.05) is 0 Å². The lowest BCUT2D eigenvalue weighted by Gasteiger charge is -2.38. The van der Waals surface area contributed by atoms with Crippen molar-refractivity contribution >= 4 is 0 Å². The smallest absolute Gasteiger partial charge is 0.295 e. The molecule has 0 amide bonds. The van der Waals surface area contributed by atoms with E-state index >= 15 is 0 Å². The first kappa shape index (κ1) is 25.3. The number of hydroxylamine groups is 2. The van der Waals surface area contributed by atoms with Crippen LogP contribution in [0.2, 0.25) is 0 Å². The highest BCUT2D eigenvalue weighted by atomic mass is 17.0. The molecule has 0 bridgehead atoms. The maximum absolute atomic E-state index is 13.3. The van der Waals surface area contributed by atoms with Gasteiger partial charge in [-0.1, -0.05) is 23.3 Å². The molecule has 0 fully saturated rings. The molecular weight excluding hydrogens is 424 g/mol. The van der Waals surface area contributed by atoms with Crippen molar-refractivity contribution in [1.82, 2.24) is 0 Å². The highest BCUT2D eigenvalue weighted by Gasteiger charge is 2.51. The Morgan fingerprint density at radius 2 is 1.19 bits per heavy atom. The van der Waals surface area contributed by atoms with Crippen molar-refractivity contribution in [3.8, 4) is 0 Å². The van der Waals surface area contributed by atoms with Crippen LogP contribution in [0, 0.1) is 42.5 Å². The molecule has 180 valence electrons. The molecule has 2 aliphatic rings. The zero-order chi connectivity index (χ0) is 24.4. The summed E-state index contributed by atoms with van der Waals surface area (Å²) < 4.78 is 0. The number of allylic oxidation sites excluding steroid dienone is 2. The molecule has 2 rings (SSSR count). The Kier molecular flexibility index (Phi) is 7.36. The topological polar surface area (TPSA) is 157 Å². The maximum atomic E-state index is 13.3. The monoisotopic (exact) mass is 456 g/mol. The van der Waals surface area contributed by atoms with Gasteiger partial charge in [-0.25, -0.2) is 0 Å². The number of rotatable bonds is 8. The minimum Gasteiger partial charge on any atom is -0.567 e. The van der Waals surface area contributed by atoms with Crippen LogP contribution in [0.15, 0.2) is 23.3 Å². The lowest BCUT2D eigenvalue weighted by Crippen LogP contribution is -2.52. The largest absolute Gasteiger partial charge is 0.567 e. The molecule has 32 heavy (non-hydrogen) atoms. The Labute approximate surface area is 186 Å². The molecule has 2 aliphatic carbocycles. The van der Waals surface area contributed by atoms with E-state index in [1.165, 1.54) is 27.7 Å². The maximum Gasteiger partial charge on any atom is 0.295 e. The van der Waals surface area contributed by atoms with Crippen LogP contribution in [0.3, 0.4) is 0 Å². The predicted molar refractivity (Wildman–Crippen MR) is 112 cm³/mol. The highest BCUT2D eigenvalue weighted by Crippen LogP contribution is 2.39. The van der Waals surface area contributed by atoms with E-state index in [0.29, 0.717) is 22.6 Å². The van der Waals surface area contributed by atoms with Crippen molar-refractivity contribution < 1.29 is 29.6 Å². The molecule has 0 aromatic heterocycles. The van der Waals surface area contributed by atoms with E-state index in [2.05, 4.69) is 0 Å². The standard InChI is InChI=1S/C20H32N4O8/c1-13-8-10-17(16(11-13)20(5,6)32-24(29)30)21(25)22(26)18-12-14(2)7-9-15(18)19(3,4)31-23(27)28/h7-8,15-18H,9-12H2,1-6H3/b22-21+/t15-,16+,17+,18-/m1/s1. The van der Waals surface area contributed by atoms with E-state index in [1.54, 1.807) is 0 Å². The van der Waals surface area contributed by atoms with Gasteiger partial charge in [-0.15, -0.1) is 20.2 Å². The summed E-state index contributed by atoms with van der Waals surface area (Å²) in [6.45, 7) is 9.79. The molecule has 0 aromatic carbocycles. The fourth-order valence-corrected chi connectivity index (χ4v) is 4.84. The van der Waals surface area contributed by atoms with Gasteiger partial charge in [0, 0.05) is 22.6 Å². The quantitative estimate of drug-likeness (QED) is 0.175. The van der Waals surface area contributed by atoms with Crippen molar-refractivity contribution in [3.63, 3.8) is 0 Å². The van der Waals surface area contributed by atoms with Gasteiger partial charge in [0.15, 0.2) is 0 Å². The van der Waals surface area contributed by atoms with Gasteiger partial charge in [-0.2, -0.15) is 0 Å². The van der Waals surface area contributed by atoms with Gasteiger partial charge in [0.2, 0.25) is 12.1 Å². The zero-order valence-corrected chi connectivity index (χ0v) is 19.3. The van der Waals surface area contributed by atoms with E-state index in [9.17, 15) is 30.6 Å². The lowest BCUT2D eigenvalue weighted by molar-refractivity contribution is -1.00. The molecular formula is C20H32N4O8. The summed E-state index contributed by atoms with van der Waals surface area (Å²) in [7, 11) is 0. The minimum absolute atomic E-state index is 0.226. The number of hydrogen-bond acceptors (Lipinski definition) is 8. The molecule has 0 N–H and O–H groups in total. The summed E-state index contributed by atoms with van der Waals surface area (Å²) >= 11 is 0. The van der Waals surface area contributed by atoms with Crippen LogP contribution in [0.4, 0.5) is 0 Å². The van der Waals surface area contributed by atoms with E-state index in [1.807, 2.05) is 26.0 Å². The summed E-state index contributed by atoms with van der Waals surface area (Å²) in [6.07, 6.45) is 4.90. The average molecular weight is 456 g/mol. The average Bonchev–Trinajstić information content (AvgIpc) is 2.64. The Balaban J connectivity index is 2.47. The van der Waals surface area contributed by atoms with E-state index in [0.717, 1.165) is 11.1 Å². The summed E-state index contributed by atoms with van der Waals surface area (Å²) in [6, 6.07) is -1.78. The third-order valence-electron chi connectivity index (χ3n) is 6.60. The van der Waals surface area contributed by atoms with Crippen LogP contribution in [-0.4, -0.2) is 43.2 Å². The second kappa shape index (κ2) is 9.29. The van der Waals surface area contributed by atoms with Crippen molar-refractivity contribution in [3.05, 3.63) is 53.9 Å². The highest BCUT2D eigenvalue weighted by molar-refractivity contribution is 5.10. The van der Waals surface area contributed by atoms with Crippen molar-refractivity contribution in [2.24, 2.45) is 11.8 Å². The SMILES string of the molecule is CC1=CC[C@@H](C(C)(C)O[N+](=O)[O-])[C@H](/[N+]([O-])=[N+](\[O-])[C@H]2CC=C(C)C[C@@H]2C(C)(C)O[N+](=O)[O-])C1. The van der Waals surface area contributed by atoms with Gasteiger partial charge in [0.25, 0.3) is 10.2 Å². The van der Waals surface area contributed by atoms with Crippen LogP contribution in [0.5, 0.6) is 0 Å². The third kappa shape index (κ3) is 5.65. The Hall–Kier alpha value is -2.92. The zero-order valence-electron chi connectivity index (χ0n) is 19.3. The van der Waals surface area contributed by atoms with Crippen LogP contribution < -0.4 is 0 Å². The van der Waals surface area contributed by atoms with Gasteiger partial charge >= 0.3 is 0 Å². The molecule has 0 spiro atoms. The van der Waals surface area contributed by atoms with Gasteiger partial charge in [-0.05, 0) is 54.4 Å². The van der Waals surface area contributed by atoms with Crippen LogP contribution in [-0.2, 0) is 9.68 Å². The molecule has 0 heterocycles. The molecule has 12 heteroatoms. The molecule has 0 aliphatic heterocycles. The molecule has 0 saturated heterocycles. The van der Waals surface area contributed by atoms with Gasteiger partial charge in [0.05, 0.1) is 11.8 Å². The predicted octanol–water partition coefficient (Wildman–Crippen LogP) is 3.88. The summed E-state index contributed by atoms with van der Waals surface area (Å²) in [4.78, 5) is 32.4. The van der Waals surface area contributed by atoms with Crippen molar-refractivity contribution in [2.45, 2.75) is 90.5 Å². The number of nitrogens with zero attached hydrogens (tertiary/aromatic N) is 4. The molecule has 0 aromatic rings. The fourth-order valence-electron chi connectivity index (χ4n) is 4.84. The number of azo groups is 1. The first-order chi connectivity index (χ1) is 14.7. The molecule has 0 unspecified atom stereocenters. The molecule has 12 nitrogen and oxygen atoms in total. The van der Waals surface area contributed by atoms with Crippen LogP contribution in [0.1, 0.15) is 67.2 Å². The molecule has 0 saturated carbocycles. The van der Waals surface area contributed by atoms with Gasteiger partial charge in [-0.3, -0.25) is 0 Å². The first-order valence-corrected chi connectivity index (χ1v) is 10.6. The third-order valence-corrected chi connectivity index (χ3v) is 6.60. The Bertz CT molecular complexity index is 849. The number of hydrogen-bond donors (Lipinski definition) is 0. The normalized spacial score (nSPS) is 27.6. The lowest BCUT2D eigenvalue weighted by atomic mass is 9.75. The Morgan fingerprint density at radius 1 is 0.750 bits per heavy atom. The minimum atomic E-state index is -1.30. The second-order valence-corrected chi connectivity index (χ2v) is 9.77. The van der Waals surface area contributed by atoms with E-state index < -0.39 is 45.3 Å². The van der Waals surface area contributed by atoms with Crippen LogP contribution >= 0.6 is 0 Å². The van der Waals surface area contributed by atoms with Gasteiger partial charge < -0.3 is 20.1 Å². The Morgan fingerprint density at radius 3 is 1.72 bits per heavy atom. The second-order valence-electron chi connectivity index (χ2n) is 9.77. The van der Waals surface area contributed by atoms with E-state index in [-0.39, 0.29) is 12.8 Å². The summed E-state index contributed by atoms with van der Waals surface area (Å²) in [5, 5.41) is 46.9. The molecule has 4 atom stereocenters.